The molecule has 1 aliphatic rings. The molecule has 3 aromatic rings. The van der Waals surface area contributed by atoms with Crippen LogP contribution in [0.3, 0.4) is 0 Å². The van der Waals surface area contributed by atoms with Gasteiger partial charge in [0.25, 0.3) is 0 Å². The molecule has 140 valence electrons. The highest BCUT2D eigenvalue weighted by atomic mass is 79.9. The number of quaternary nitrogens is 2. The number of aromatic amines is 1. The minimum absolute atomic E-state index is 0.175. The maximum absolute atomic E-state index is 13.0. The van der Waals surface area contributed by atoms with Crippen molar-refractivity contribution < 1.29 is 9.80 Å². The van der Waals surface area contributed by atoms with E-state index in [1.54, 1.807) is 4.90 Å². The van der Waals surface area contributed by atoms with E-state index in [0.29, 0.717) is 0 Å². The fraction of sp³-hybridized carbons (Fsp3) is 0.318. The van der Waals surface area contributed by atoms with Gasteiger partial charge in [-0.2, -0.15) is 0 Å². The molecule has 0 bridgehead atoms. The van der Waals surface area contributed by atoms with Crippen molar-refractivity contribution in [3.8, 4) is 0 Å². The van der Waals surface area contributed by atoms with Crippen LogP contribution in [0, 0.1) is 6.92 Å². The molecule has 0 atom stereocenters. The van der Waals surface area contributed by atoms with Gasteiger partial charge in [0.05, 0.1) is 5.56 Å². The molecular formula is C22H26BrN3O+2. The van der Waals surface area contributed by atoms with Gasteiger partial charge in [0.2, 0.25) is 0 Å². The number of hydrogen-bond acceptors (Lipinski definition) is 1. The van der Waals surface area contributed by atoms with E-state index in [0.717, 1.165) is 65.9 Å². The molecule has 1 aromatic heterocycles. The van der Waals surface area contributed by atoms with Crippen LogP contribution in [0.5, 0.6) is 0 Å². The summed E-state index contributed by atoms with van der Waals surface area (Å²) < 4.78 is 0.945. The van der Waals surface area contributed by atoms with Crippen LogP contribution >= 0.6 is 15.9 Å². The summed E-state index contributed by atoms with van der Waals surface area (Å²) in [7, 11) is 0. The van der Waals surface area contributed by atoms with Crippen molar-refractivity contribution in [3.05, 3.63) is 80.0 Å². The number of piperazine rings is 1. The van der Waals surface area contributed by atoms with Crippen LogP contribution in [-0.4, -0.2) is 31.2 Å². The standard InChI is InChI=1S/C22H24BrN3O/c1-16-20(22(27)19-13-18(23)7-8-21(19)24-16)15-26-11-9-25(10-12-26)14-17-5-3-2-4-6-17/h2-8,13H,9-12,14-15H2,1H3,(H,24,27)/p+2. The van der Waals surface area contributed by atoms with E-state index in [-0.39, 0.29) is 5.43 Å². The summed E-state index contributed by atoms with van der Waals surface area (Å²) in [5.74, 6) is 0. The minimum Gasteiger partial charge on any atom is -0.358 e. The van der Waals surface area contributed by atoms with Crippen molar-refractivity contribution in [1.82, 2.24) is 4.98 Å². The third-order valence-corrected chi connectivity index (χ3v) is 6.16. The quantitative estimate of drug-likeness (QED) is 0.572. The zero-order chi connectivity index (χ0) is 18.8. The number of halogens is 1. The molecule has 1 fully saturated rings. The number of fused-ring (bicyclic) bond motifs is 1. The molecule has 1 saturated heterocycles. The van der Waals surface area contributed by atoms with Crippen LogP contribution in [0.25, 0.3) is 10.9 Å². The first kappa shape index (κ1) is 18.4. The number of rotatable bonds is 4. The Morgan fingerprint density at radius 1 is 0.963 bits per heavy atom. The summed E-state index contributed by atoms with van der Waals surface area (Å²) in [6, 6.07) is 16.6. The topological polar surface area (TPSA) is 41.7 Å². The van der Waals surface area contributed by atoms with Gasteiger partial charge in [-0.15, -0.1) is 0 Å². The number of hydrogen-bond donors (Lipinski definition) is 3. The molecule has 0 spiro atoms. The molecule has 0 unspecified atom stereocenters. The van der Waals surface area contributed by atoms with Gasteiger partial charge in [0.1, 0.15) is 39.3 Å². The van der Waals surface area contributed by atoms with Crippen LogP contribution in [0.4, 0.5) is 0 Å². The first-order chi connectivity index (χ1) is 13.1. The van der Waals surface area contributed by atoms with Crippen LogP contribution in [0.15, 0.2) is 57.8 Å². The number of benzene rings is 2. The van der Waals surface area contributed by atoms with Gasteiger partial charge < -0.3 is 14.8 Å². The van der Waals surface area contributed by atoms with E-state index in [1.165, 1.54) is 10.5 Å². The van der Waals surface area contributed by atoms with E-state index >= 15 is 0 Å². The summed E-state index contributed by atoms with van der Waals surface area (Å²) in [6.45, 7) is 8.45. The highest BCUT2D eigenvalue weighted by Crippen LogP contribution is 2.17. The minimum atomic E-state index is 0.175. The molecule has 27 heavy (non-hydrogen) atoms. The Bertz CT molecular complexity index is 992. The second-order valence-electron chi connectivity index (χ2n) is 7.59. The molecule has 5 heteroatoms. The molecule has 0 radical (unpaired) electrons. The fourth-order valence-corrected chi connectivity index (χ4v) is 4.44. The van der Waals surface area contributed by atoms with Crippen molar-refractivity contribution in [1.29, 1.82) is 0 Å². The zero-order valence-corrected chi connectivity index (χ0v) is 17.2. The zero-order valence-electron chi connectivity index (χ0n) is 15.6. The Balaban J connectivity index is 1.45. The molecule has 4 rings (SSSR count). The van der Waals surface area contributed by atoms with E-state index in [9.17, 15) is 4.79 Å². The SMILES string of the molecule is Cc1[nH]c2ccc(Br)cc2c(=O)c1C[NH+]1CC[NH+](Cc2ccccc2)CC1. The van der Waals surface area contributed by atoms with Gasteiger partial charge in [-0.25, -0.2) is 0 Å². The van der Waals surface area contributed by atoms with E-state index in [2.05, 4.69) is 51.2 Å². The lowest BCUT2D eigenvalue weighted by Crippen LogP contribution is -3.27. The van der Waals surface area contributed by atoms with Crippen molar-refractivity contribution in [2.24, 2.45) is 0 Å². The second-order valence-corrected chi connectivity index (χ2v) is 8.50. The third-order valence-electron chi connectivity index (χ3n) is 5.66. The van der Waals surface area contributed by atoms with Crippen molar-refractivity contribution >= 4 is 26.8 Å². The molecule has 2 aromatic carbocycles. The molecule has 1 aliphatic heterocycles. The van der Waals surface area contributed by atoms with Crippen molar-refractivity contribution in [3.63, 3.8) is 0 Å². The maximum atomic E-state index is 13.0. The Labute approximate surface area is 167 Å². The Hall–Kier alpha value is -1.95. The molecule has 3 N–H and O–H groups in total. The first-order valence-electron chi connectivity index (χ1n) is 9.62. The lowest BCUT2D eigenvalue weighted by atomic mass is 10.1. The smallest absolute Gasteiger partial charge is 0.198 e. The maximum Gasteiger partial charge on any atom is 0.198 e. The number of H-pyrrole nitrogens is 1. The second kappa shape index (κ2) is 7.97. The lowest BCUT2D eigenvalue weighted by Gasteiger charge is -2.30. The Kier molecular flexibility index (Phi) is 5.43. The number of aromatic nitrogens is 1. The predicted molar refractivity (Wildman–Crippen MR) is 112 cm³/mol. The summed E-state index contributed by atoms with van der Waals surface area (Å²) in [6.07, 6.45) is 0. The summed E-state index contributed by atoms with van der Waals surface area (Å²) in [4.78, 5) is 19.6. The molecule has 0 saturated carbocycles. The fourth-order valence-electron chi connectivity index (χ4n) is 4.08. The van der Waals surface area contributed by atoms with Crippen LogP contribution in [0.2, 0.25) is 0 Å². The summed E-state index contributed by atoms with van der Waals surface area (Å²) in [5.41, 5.74) is 4.43. The van der Waals surface area contributed by atoms with Gasteiger partial charge in [0.15, 0.2) is 5.43 Å². The monoisotopic (exact) mass is 427 g/mol. The summed E-state index contributed by atoms with van der Waals surface area (Å²) >= 11 is 3.48. The van der Waals surface area contributed by atoms with Gasteiger partial charge >= 0.3 is 0 Å². The van der Waals surface area contributed by atoms with Crippen molar-refractivity contribution in [2.75, 3.05) is 26.2 Å². The van der Waals surface area contributed by atoms with E-state index < -0.39 is 0 Å². The predicted octanol–water partition coefficient (Wildman–Crippen LogP) is 1.08. The van der Waals surface area contributed by atoms with Gasteiger partial charge in [-0.05, 0) is 25.1 Å². The summed E-state index contributed by atoms with van der Waals surface area (Å²) in [5, 5.41) is 0.776. The average molecular weight is 428 g/mol. The molecular weight excluding hydrogens is 402 g/mol. The van der Waals surface area contributed by atoms with Crippen LogP contribution in [0.1, 0.15) is 16.8 Å². The van der Waals surface area contributed by atoms with E-state index in [1.807, 2.05) is 25.1 Å². The number of pyridine rings is 1. The average Bonchev–Trinajstić information content (AvgIpc) is 2.68. The normalized spacial score (nSPS) is 20.1. The Morgan fingerprint density at radius 2 is 1.63 bits per heavy atom. The van der Waals surface area contributed by atoms with Crippen LogP contribution in [-0.2, 0) is 13.1 Å². The largest absolute Gasteiger partial charge is 0.358 e. The van der Waals surface area contributed by atoms with Crippen LogP contribution < -0.4 is 15.2 Å². The van der Waals surface area contributed by atoms with Crippen molar-refractivity contribution in [2.45, 2.75) is 20.0 Å². The highest BCUT2D eigenvalue weighted by Gasteiger charge is 2.25. The highest BCUT2D eigenvalue weighted by molar-refractivity contribution is 9.10. The first-order valence-corrected chi connectivity index (χ1v) is 10.4. The molecule has 2 heterocycles. The van der Waals surface area contributed by atoms with Gasteiger partial charge in [0, 0.05) is 26.6 Å². The molecule has 0 aliphatic carbocycles. The lowest BCUT2D eigenvalue weighted by molar-refractivity contribution is -1.02. The third kappa shape index (κ3) is 4.15. The number of nitrogens with one attached hydrogen (secondary N) is 3. The van der Waals surface area contributed by atoms with E-state index in [4.69, 9.17) is 0 Å². The molecule has 4 nitrogen and oxygen atoms in total. The van der Waals surface area contributed by atoms with Gasteiger partial charge in [-0.1, -0.05) is 46.3 Å². The Morgan fingerprint density at radius 3 is 2.33 bits per heavy atom. The number of aryl methyl sites for hydroxylation is 1. The molecule has 0 amide bonds. The van der Waals surface area contributed by atoms with Gasteiger partial charge in [-0.3, -0.25) is 4.79 Å².